The number of thiocarbonyl (C=S) groups is 1. The average molecular weight is 292 g/mol. The van der Waals surface area contributed by atoms with Crippen LogP contribution in [0.5, 0.6) is 0 Å². The number of hydrogen-bond donors (Lipinski definition) is 2. The summed E-state index contributed by atoms with van der Waals surface area (Å²) < 4.78 is 5.72. The van der Waals surface area contributed by atoms with Gasteiger partial charge in [-0.25, -0.2) is 0 Å². The first-order chi connectivity index (χ1) is 9.81. The van der Waals surface area contributed by atoms with Gasteiger partial charge < -0.3 is 10.1 Å². The zero-order valence-corrected chi connectivity index (χ0v) is 12.5. The number of benzene rings is 1. The molecule has 2 aliphatic rings. The van der Waals surface area contributed by atoms with Gasteiger partial charge in [0.15, 0.2) is 18.4 Å². The lowest BCUT2D eigenvalue weighted by atomic mass is 10.2. The highest BCUT2D eigenvalue weighted by atomic mass is 32.1. The number of hydrogen-bond acceptors (Lipinski definition) is 2. The third-order valence-corrected chi connectivity index (χ3v) is 4.34. The third kappa shape index (κ3) is 3.48. The quantitative estimate of drug-likeness (QED) is 0.784. The van der Waals surface area contributed by atoms with E-state index in [4.69, 9.17) is 17.0 Å². The van der Waals surface area contributed by atoms with Crippen molar-refractivity contribution in [3.8, 4) is 0 Å². The van der Waals surface area contributed by atoms with Gasteiger partial charge in [-0.3, -0.25) is 9.80 Å². The molecular weight excluding hydrogens is 270 g/mol. The van der Waals surface area contributed by atoms with Crippen LogP contribution in [0.25, 0.3) is 0 Å². The molecule has 0 aliphatic carbocycles. The zero-order chi connectivity index (χ0) is 13.8. The average Bonchev–Trinajstić information content (AvgIpc) is 2.97. The topological polar surface area (TPSA) is 28.9 Å². The van der Waals surface area contributed by atoms with Crippen LogP contribution in [0, 0.1) is 0 Å². The molecule has 2 atom stereocenters. The van der Waals surface area contributed by atoms with Crippen LogP contribution in [0.15, 0.2) is 30.3 Å². The highest BCUT2D eigenvalue weighted by molar-refractivity contribution is 7.80. The molecule has 2 saturated heterocycles. The van der Waals surface area contributed by atoms with E-state index in [0.29, 0.717) is 6.10 Å². The Balaban J connectivity index is 1.56. The minimum atomic E-state index is 0.353. The second-order valence-electron chi connectivity index (χ2n) is 5.59. The van der Waals surface area contributed by atoms with Crippen LogP contribution >= 0.6 is 12.2 Å². The van der Waals surface area contributed by atoms with Gasteiger partial charge in [0.1, 0.15) is 6.54 Å². The van der Waals surface area contributed by atoms with Crippen molar-refractivity contribution in [2.75, 3.05) is 26.5 Å². The van der Waals surface area contributed by atoms with Crippen LogP contribution in [0.4, 0.5) is 0 Å². The Morgan fingerprint density at radius 3 is 2.95 bits per heavy atom. The van der Waals surface area contributed by atoms with Crippen molar-refractivity contribution in [2.45, 2.75) is 25.5 Å². The molecule has 1 aromatic rings. The molecule has 5 heteroatoms. The van der Waals surface area contributed by atoms with Crippen molar-refractivity contribution in [1.82, 2.24) is 10.2 Å². The number of ether oxygens (including phenoxy) is 1. The van der Waals surface area contributed by atoms with E-state index in [1.807, 2.05) is 0 Å². The van der Waals surface area contributed by atoms with E-state index in [1.165, 1.54) is 16.9 Å². The maximum atomic E-state index is 5.72. The van der Waals surface area contributed by atoms with Crippen LogP contribution in [0.2, 0.25) is 0 Å². The van der Waals surface area contributed by atoms with Crippen LogP contribution in [-0.4, -0.2) is 42.6 Å². The maximum Gasteiger partial charge on any atom is 0.177 e. The van der Waals surface area contributed by atoms with Crippen LogP contribution in [0.1, 0.15) is 18.4 Å². The van der Waals surface area contributed by atoms with Crippen molar-refractivity contribution < 1.29 is 9.64 Å². The van der Waals surface area contributed by atoms with Crippen molar-refractivity contribution in [3.05, 3.63) is 35.9 Å². The lowest BCUT2D eigenvalue weighted by Gasteiger charge is -2.36. The van der Waals surface area contributed by atoms with Gasteiger partial charge in [0.25, 0.3) is 0 Å². The highest BCUT2D eigenvalue weighted by Crippen LogP contribution is 2.13. The summed E-state index contributed by atoms with van der Waals surface area (Å²) in [4.78, 5) is 3.75. The second-order valence-corrected chi connectivity index (χ2v) is 5.97. The molecule has 0 aromatic heterocycles. The molecule has 20 heavy (non-hydrogen) atoms. The molecule has 4 nitrogen and oxygen atoms in total. The Morgan fingerprint density at radius 2 is 2.20 bits per heavy atom. The summed E-state index contributed by atoms with van der Waals surface area (Å²) in [6.07, 6.45) is 2.69. The van der Waals surface area contributed by atoms with E-state index in [2.05, 4.69) is 40.5 Å². The van der Waals surface area contributed by atoms with Crippen molar-refractivity contribution in [3.63, 3.8) is 0 Å². The fourth-order valence-corrected chi connectivity index (χ4v) is 3.11. The van der Waals surface area contributed by atoms with Gasteiger partial charge in [-0.15, -0.1) is 0 Å². The normalized spacial score (nSPS) is 26.6. The first-order valence-corrected chi connectivity index (χ1v) is 7.74. The third-order valence-electron chi connectivity index (χ3n) is 3.94. The van der Waals surface area contributed by atoms with Crippen molar-refractivity contribution in [1.29, 1.82) is 0 Å². The number of nitrogens with one attached hydrogen (secondary N) is 2. The predicted octanol–water partition coefficient (Wildman–Crippen LogP) is 0.356. The monoisotopic (exact) mass is 292 g/mol. The lowest BCUT2D eigenvalue weighted by molar-refractivity contribution is -0.927. The van der Waals surface area contributed by atoms with E-state index >= 15 is 0 Å². The highest BCUT2D eigenvalue weighted by Gasteiger charge is 2.27. The molecule has 0 bridgehead atoms. The smallest absolute Gasteiger partial charge is 0.177 e. The summed E-state index contributed by atoms with van der Waals surface area (Å²) in [6.45, 7) is 4.71. The standard InChI is InChI=1S/C15H21N3OS/c20-15-16-11-17(9-13-5-2-1-3-6-13)12-18(15)10-14-7-4-8-19-14/h1-3,5-6,14H,4,7-12H2,(H,16,20)/p+1. The molecule has 2 heterocycles. The summed E-state index contributed by atoms with van der Waals surface area (Å²) in [6, 6.07) is 10.6. The first-order valence-electron chi connectivity index (χ1n) is 7.33. The Hall–Kier alpha value is -1.17. The van der Waals surface area contributed by atoms with Gasteiger partial charge in [0, 0.05) is 12.2 Å². The van der Waals surface area contributed by atoms with Gasteiger partial charge in [-0.2, -0.15) is 0 Å². The molecule has 0 saturated carbocycles. The van der Waals surface area contributed by atoms with Gasteiger partial charge >= 0.3 is 0 Å². The molecule has 108 valence electrons. The predicted molar refractivity (Wildman–Crippen MR) is 82.3 cm³/mol. The molecular formula is C15H22N3OS+. The van der Waals surface area contributed by atoms with Gasteiger partial charge in [0.05, 0.1) is 12.6 Å². The number of nitrogens with zero attached hydrogens (tertiary/aromatic N) is 1. The van der Waals surface area contributed by atoms with E-state index in [-0.39, 0.29) is 0 Å². The lowest BCUT2D eigenvalue weighted by Crippen LogP contribution is -3.16. The molecule has 2 aliphatic heterocycles. The summed E-state index contributed by atoms with van der Waals surface area (Å²) in [7, 11) is 0. The minimum Gasteiger partial charge on any atom is -0.376 e. The Labute approximate surface area is 125 Å². The summed E-state index contributed by atoms with van der Waals surface area (Å²) in [5.74, 6) is 0. The first kappa shape index (κ1) is 13.8. The van der Waals surface area contributed by atoms with E-state index in [0.717, 1.165) is 44.6 Å². The minimum absolute atomic E-state index is 0.353. The second kappa shape index (κ2) is 6.52. The number of quaternary nitrogens is 1. The molecule has 2 N–H and O–H groups in total. The van der Waals surface area contributed by atoms with Gasteiger partial charge in [0.2, 0.25) is 0 Å². The van der Waals surface area contributed by atoms with Gasteiger partial charge in [-0.05, 0) is 25.1 Å². The Morgan fingerprint density at radius 1 is 1.35 bits per heavy atom. The van der Waals surface area contributed by atoms with E-state index in [1.54, 1.807) is 0 Å². The molecule has 3 rings (SSSR count). The Bertz CT molecular complexity index is 448. The molecule has 1 aromatic carbocycles. The van der Waals surface area contributed by atoms with E-state index in [9.17, 15) is 0 Å². The molecule has 0 spiro atoms. The van der Waals surface area contributed by atoms with Crippen LogP contribution in [-0.2, 0) is 11.3 Å². The largest absolute Gasteiger partial charge is 0.376 e. The molecule has 0 amide bonds. The fraction of sp³-hybridized carbons (Fsp3) is 0.533. The molecule has 0 radical (unpaired) electrons. The van der Waals surface area contributed by atoms with Crippen molar-refractivity contribution >= 4 is 17.3 Å². The maximum absolute atomic E-state index is 5.72. The Kier molecular flexibility index (Phi) is 4.50. The zero-order valence-electron chi connectivity index (χ0n) is 11.7. The summed E-state index contributed by atoms with van der Waals surface area (Å²) >= 11 is 5.43. The van der Waals surface area contributed by atoms with Gasteiger partial charge in [-0.1, -0.05) is 30.3 Å². The van der Waals surface area contributed by atoms with Crippen LogP contribution in [0.3, 0.4) is 0 Å². The molecule has 2 fully saturated rings. The number of rotatable bonds is 4. The van der Waals surface area contributed by atoms with E-state index < -0.39 is 0 Å². The molecule has 2 unspecified atom stereocenters. The SMILES string of the molecule is S=C1NC[NH+](Cc2ccccc2)CN1CC1CCCO1. The van der Waals surface area contributed by atoms with Crippen LogP contribution < -0.4 is 10.2 Å². The van der Waals surface area contributed by atoms with Crippen molar-refractivity contribution in [2.24, 2.45) is 0 Å². The fourth-order valence-electron chi connectivity index (χ4n) is 2.89. The summed E-state index contributed by atoms with van der Waals surface area (Å²) in [5.41, 5.74) is 1.37. The summed E-state index contributed by atoms with van der Waals surface area (Å²) in [5, 5.41) is 4.21.